The molecule has 0 spiro atoms. The topological polar surface area (TPSA) is 75.6 Å². The van der Waals surface area contributed by atoms with Gasteiger partial charge in [-0.15, -0.1) is 11.8 Å². The van der Waals surface area contributed by atoms with Crippen molar-refractivity contribution in [3.05, 3.63) is 24.3 Å². The number of rotatable bonds is 7. The summed E-state index contributed by atoms with van der Waals surface area (Å²) in [7, 11) is 1.53. The Labute approximate surface area is 116 Å². The highest BCUT2D eigenvalue weighted by Crippen LogP contribution is 2.23. The Morgan fingerprint density at radius 2 is 2.11 bits per heavy atom. The average molecular weight is 283 g/mol. The minimum absolute atomic E-state index is 0.100. The van der Waals surface area contributed by atoms with Crippen LogP contribution in [0.4, 0.5) is 5.69 Å². The van der Waals surface area contributed by atoms with Crippen LogP contribution < -0.4 is 10.1 Å². The number of benzene rings is 1. The summed E-state index contributed by atoms with van der Waals surface area (Å²) in [5.74, 6) is -0.457. The van der Waals surface area contributed by atoms with E-state index in [4.69, 9.17) is 9.84 Å². The molecule has 19 heavy (non-hydrogen) atoms. The van der Waals surface area contributed by atoms with Crippen LogP contribution >= 0.6 is 11.8 Å². The van der Waals surface area contributed by atoms with Gasteiger partial charge in [0.05, 0.1) is 18.6 Å². The number of carboxylic acid groups (broad SMARTS) is 1. The molecule has 0 saturated heterocycles. The summed E-state index contributed by atoms with van der Waals surface area (Å²) in [5.41, 5.74) is 0.582. The van der Waals surface area contributed by atoms with Gasteiger partial charge in [0.15, 0.2) is 0 Å². The number of amides is 1. The summed E-state index contributed by atoms with van der Waals surface area (Å²) < 4.78 is 5.12. The maximum absolute atomic E-state index is 11.7. The van der Waals surface area contributed by atoms with Gasteiger partial charge < -0.3 is 15.2 Å². The fourth-order valence-electron chi connectivity index (χ4n) is 1.47. The summed E-state index contributed by atoms with van der Waals surface area (Å²) in [6.07, 6.45) is 0.488. The Balaban J connectivity index is 2.53. The number of methoxy groups -OCH3 is 1. The van der Waals surface area contributed by atoms with Crippen molar-refractivity contribution in [2.45, 2.75) is 18.6 Å². The summed E-state index contributed by atoms with van der Waals surface area (Å²) >= 11 is 1.12. The third-order valence-electron chi connectivity index (χ3n) is 2.44. The normalized spacial score (nSPS) is 11.7. The molecule has 1 amide bonds. The molecular weight excluding hydrogens is 266 g/mol. The lowest BCUT2D eigenvalue weighted by Crippen LogP contribution is -2.21. The van der Waals surface area contributed by atoms with E-state index in [1.165, 1.54) is 7.11 Å². The number of carboxylic acids is 1. The zero-order valence-electron chi connectivity index (χ0n) is 10.9. The molecular formula is C13H17NO4S. The van der Waals surface area contributed by atoms with Gasteiger partial charge in [-0.25, -0.2) is 0 Å². The number of hydrogen-bond donors (Lipinski definition) is 2. The average Bonchev–Trinajstić information content (AvgIpc) is 2.39. The molecule has 1 aromatic carbocycles. The van der Waals surface area contributed by atoms with Gasteiger partial charge in [-0.05, 0) is 18.6 Å². The monoisotopic (exact) mass is 283 g/mol. The van der Waals surface area contributed by atoms with Crippen molar-refractivity contribution < 1.29 is 19.4 Å². The number of carbonyl (C=O) groups excluding carboxylic acids is 1. The molecule has 104 valence electrons. The quantitative estimate of drug-likeness (QED) is 0.802. The van der Waals surface area contributed by atoms with E-state index in [1.54, 1.807) is 31.2 Å². The van der Waals surface area contributed by atoms with Crippen LogP contribution in [0.1, 0.15) is 13.3 Å². The van der Waals surface area contributed by atoms with Crippen LogP contribution in [0.2, 0.25) is 0 Å². The zero-order valence-corrected chi connectivity index (χ0v) is 11.7. The molecule has 0 aliphatic heterocycles. The Morgan fingerprint density at radius 3 is 2.68 bits per heavy atom. The van der Waals surface area contributed by atoms with Gasteiger partial charge in [0.1, 0.15) is 11.0 Å². The molecule has 1 rings (SSSR count). The predicted octanol–water partition coefficient (Wildman–Crippen LogP) is 2.23. The summed E-state index contributed by atoms with van der Waals surface area (Å²) in [6.45, 7) is 1.78. The predicted molar refractivity (Wildman–Crippen MR) is 75.8 cm³/mol. The highest BCUT2D eigenvalue weighted by atomic mass is 32.2. The van der Waals surface area contributed by atoms with Crippen LogP contribution in [0.5, 0.6) is 5.75 Å². The molecule has 5 nitrogen and oxygen atoms in total. The van der Waals surface area contributed by atoms with Crippen molar-refractivity contribution in [2.24, 2.45) is 0 Å². The summed E-state index contributed by atoms with van der Waals surface area (Å²) in [6, 6.07) is 7.07. The van der Waals surface area contributed by atoms with Gasteiger partial charge in [-0.1, -0.05) is 19.1 Å². The Bertz CT molecular complexity index is 450. The van der Waals surface area contributed by atoms with Crippen LogP contribution in [0, 0.1) is 0 Å². The molecule has 0 saturated carbocycles. The lowest BCUT2D eigenvalue weighted by Gasteiger charge is -2.11. The van der Waals surface area contributed by atoms with E-state index in [9.17, 15) is 9.59 Å². The second kappa shape index (κ2) is 7.68. The Morgan fingerprint density at radius 1 is 1.42 bits per heavy atom. The molecule has 0 heterocycles. The van der Waals surface area contributed by atoms with E-state index in [0.29, 0.717) is 17.9 Å². The third-order valence-corrected chi connectivity index (χ3v) is 3.81. The van der Waals surface area contributed by atoms with E-state index in [0.717, 1.165) is 11.8 Å². The van der Waals surface area contributed by atoms with Crippen LogP contribution in [0.15, 0.2) is 24.3 Å². The molecule has 0 aliphatic rings. The maximum atomic E-state index is 11.7. The van der Waals surface area contributed by atoms with Crippen molar-refractivity contribution in [1.29, 1.82) is 0 Å². The van der Waals surface area contributed by atoms with E-state index in [-0.39, 0.29) is 11.7 Å². The number of aliphatic carboxylic acids is 1. The van der Waals surface area contributed by atoms with E-state index in [2.05, 4.69) is 5.32 Å². The van der Waals surface area contributed by atoms with Crippen LogP contribution in [0.25, 0.3) is 0 Å². The fourth-order valence-corrected chi connectivity index (χ4v) is 2.28. The number of carbonyl (C=O) groups is 2. The first-order valence-corrected chi connectivity index (χ1v) is 6.90. The molecule has 6 heteroatoms. The Kier molecular flexibility index (Phi) is 6.21. The minimum atomic E-state index is -0.891. The third kappa shape index (κ3) is 4.82. The van der Waals surface area contributed by atoms with Crippen molar-refractivity contribution in [3.8, 4) is 5.75 Å². The van der Waals surface area contributed by atoms with Gasteiger partial charge in [0.2, 0.25) is 5.91 Å². The first-order valence-electron chi connectivity index (χ1n) is 5.85. The highest BCUT2D eigenvalue weighted by Gasteiger charge is 2.17. The highest BCUT2D eigenvalue weighted by molar-refractivity contribution is 8.01. The molecule has 0 fully saturated rings. The van der Waals surface area contributed by atoms with E-state index in [1.807, 2.05) is 0 Å². The lowest BCUT2D eigenvalue weighted by molar-refractivity contribution is -0.136. The molecule has 0 aliphatic carbocycles. The first kappa shape index (κ1) is 15.4. The number of thioether (sulfide) groups is 1. The smallest absolute Gasteiger partial charge is 0.316 e. The van der Waals surface area contributed by atoms with E-state index >= 15 is 0 Å². The van der Waals surface area contributed by atoms with Gasteiger partial charge in [-0.2, -0.15) is 0 Å². The van der Waals surface area contributed by atoms with Crippen molar-refractivity contribution in [2.75, 3.05) is 18.2 Å². The molecule has 2 N–H and O–H groups in total. The fraction of sp³-hybridized carbons (Fsp3) is 0.385. The molecule has 0 bridgehead atoms. The van der Waals surface area contributed by atoms with E-state index < -0.39 is 11.2 Å². The zero-order chi connectivity index (χ0) is 14.3. The van der Waals surface area contributed by atoms with Gasteiger partial charge in [0, 0.05) is 0 Å². The minimum Gasteiger partial charge on any atom is -0.495 e. The second-order valence-corrected chi connectivity index (χ2v) is 4.99. The summed E-state index contributed by atoms with van der Waals surface area (Å²) in [4.78, 5) is 22.6. The lowest BCUT2D eigenvalue weighted by atomic mass is 10.3. The molecule has 1 aromatic rings. The number of para-hydroxylation sites is 2. The SMILES string of the molecule is CCC(SCC(=O)Nc1ccccc1OC)C(=O)O. The van der Waals surface area contributed by atoms with Crippen LogP contribution in [-0.4, -0.2) is 35.1 Å². The first-order chi connectivity index (χ1) is 9.08. The number of ether oxygens (including phenoxy) is 1. The van der Waals surface area contributed by atoms with Crippen molar-refractivity contribution >= 4 is 29.3 Å². The molecule has 0 radical (unpaired) electrons. The molecule has 1 unspecified atom stereocenters. The largest absolute Gasteiger partial charge is 0.495 e. The van der Waals surface area contributed by atoms with Gasteiger partial charge in [-0.3, -0.25) is 9.59 Å². The maximum Gasteiger partial charge on any atom is 0.316 e. The van der Waals surface area contributed by atoms with Crippen molar-refractivity contribution in [3.63, 3.8) is 0 Å². The second-order valence-electron chi connectivity index (χ2n) is 3.79. The van der Waals surface area contributed by atoms with Gasteiger partial charge >= 0.3 is 5.97 Å². The summed E-state index contributed by atoms with van der Waals surface area (Å²) in [5, 5.41) is 11.0. The number of nitrogens with one attached hydrogen (secondary N) is 1. The van der Waals surface area contributed by atoms with Crippen LogP contribution in [-0.2, 0) is 9.59 Å². The molecule has 0 aromatic heterocycles. The van der Waals surface area contributed by atoms with Crippen LogP contribution in [0.3, 0.4) is 0 Å². The standard InChI is InChI=1S/C13H17NO4S/c1-3-11(13(16)17)19-8-12(15)14-9-6-4-5-7-10(9)18-2/h4-7,11H,3,8H2,1-2H3,(H,14,15)(H,16,17). The number of hydrogen-bond acceptors (Lipinski definition) is 4. The number of anilines is 1. The van der Waals surface area contributed by atoms with Gasteiger partial charge in [0.25, 0.3) is 0 Å². The Hall–Kier alpha value is -1.69. The van der Waals surface area contributed by atoms with Crippen molar-refractivity contribution in [1.82, 2.24) is 0 Å². The molecule has 1 atom stereocenters.